The number of rotatable bonds is 2. The maximum Gasteiger partial charge on any atom is 0.167 e. The highest BCUT2D eigenvalue weighted by Gasteiger charge is 2.40. The first-order valence-corrected chi connectivity index (χ1v) is 6.52. The van der Waals surface area contributed by atoms with Gasteiger partial charge < -0.3 is 15.2 Å². The van der Waals surface area contributed by atoms with Gasteiger partial charge in [-0.2, -0.15) is 0 Å². The predicted octanol–water partition coefficient (Wildman–Crippen LogP) is 2.67. The van der Waals surface area contributed by atoms with Crippen LogP contribution in [0.1, 0.15) is 24.8 Å². The molecule has 0 bridgehead atoms. The molecule has 98 valence electrons. The number of halogens is 2. The Morgan fingerprint density at radius 3 is 2.78 bits per heavy atom. The second-order valence-corrected chi connectivity index (χ2v) is 5.48. The fraction of sp³-hybridized carbons (Fsp3) is 0.538. The van der Waals surface area contributed by atoms with Crippen LogP contribution in [0.25, 0.3) is 0 Å². The van der Waals surface area contributed by atoms with Crippen molar-refractivity contribution >= 4 is 11.6 Å². The summed E-state index contributed by atoms with van der Waals surface area (Å²) in [6.07, 6.45) is 3.05. The van der Waals surface area contributed by atoms with Crippen LogP contribution in [0.5, 0.6) is 11.5 Å². The number of hydrogen-bond acceptors (Lipinski definition) is 3. The lowest BCUT2D eigenvalue weighted by molar-refractivity contribution is 0.295. The first-order chi connectivity index (χ1) is 8.59. The first kappa shape index (κ1) is 12.1. The van der Waals surface area contributed by atoms with E-state index in [1.807, 2.05) is 0 Å². The van der Waals surface area contributed by atoms with Crippen molar-refractivity contribution in [1.29, 1.82) is 0 Å². The van der Waals surface area contributed by atoms with Crippen LogP contribution < -0.4 is 15.2 Å². The number of hydrogen-bond donors (Lipinski definition) is 1. The predicted molar refractivity (Wildman–Crippen MR) is 66.9 cm³/mol. The molecule has 1 aromatic carbocycles. The Kier molecular flexibility index (Phi) is 2.87. The molecule has 0 aromatic heterocycles. The smallest absolute Gasteiger partial charge is 0.167 e. The third kappa shape index (κ3) is 2.15. The summed E-state index contributed by atoms with van der Waals surface area (Å²) in [7, 11) is 0. The molecular formula is C13H15ClFNO2. The van der Waals surface area contributed by atoms with E-state index in [1.165, 1.54) is 6.07 Å². The van der Waals surface area contributed by atoms with Crippen LogP contribution in [-0.2, 0) is 6.42 Å². The van der Waals surface area contributed by atoms with E-state index in [2.05, 4.69) is 0 Å². The van der Waals surface area contributed by atoms with Crippen LogP contribution in [0.4, 0.5) is 4.39 Å². The van der Waals surface area contributed by atoms with Crippen LogP contribution in [-0.4, -0.2) is 18.8 Å². The molecule has 3 rings (SSSR count). The molecule has 0 amide bonds. The molecule has 3 nitrogen and oxygen atoms in total. The molecular weight excluding hydrogens is 257 g/mol. The molecule has 1 fully saturated rings. The fourth-order valence-electron chi connectivity index (χ4n) is 2.16. The highest BCUT2D eigenvalue weighted by molar-refractivity contribution is 6.31. The molecule has 18 heavy (non-hydrogen) atoms. The van der Waals surface area contributed by atoms with E-state index in [1.54, 1.807) is 0 Å². The van der Waals surface area contributed by atoms with Crippen molar-refractivity contribution in [2.24, 2.45) is 5.73 Å². The average molecular weight is 272 g/mol. The molecule has 0 radical (unpaired) electrons. The van der Waals surface area contributed by atoms with Gasteiger partial charge in [0.2, 0.25) is 0 Å². The second kappa shape index (κ2) is 4.28. The number of fused-ring (bicyclic) bond motifs is 1. The van der Waals surface area contributed by atoms with Gasteiger partial charge in [0.05, 0.1) is 18.2 Å². The summed E-state index contributed by atoms with van der Waals surface area (Å²) in [6.45, 7) is 1.08. The van der Waals surface area contributed by atoms with E-state index in [4.69, 9.17) is 26.8 Å². The molecule has 5 heteroatoms. The summed E-state index contributed by atoms with van der Waals surface area (Å²) in [5.41, 5.74) is 6.22. The summed E-state index contributed by atoms with van der Waals surface area (Å²) in [5.74, 6) is 0.571. The van der Waals surface area contributed by atoms with Crippen LogP contribution in [0.3, 0.4) is 0 Å². The molecule has 2 aliphatic rings. The van der Waals surface area contributed by atoms with Crippen LogP contribution in [0.2, 0.25) is 5.02 Å². The minimum atomic E-state index is -0.433. The Balaban J connectivity index is 2.05. The number of nitrogens with two attached hydrogens (primary N) is 1. The zero-order chi connectivity index (χ0) is 12.8. The summed E-state index contributed by atoms with van der Waals surface area (Å²) < 4.78 is 25.3. The third-order valence-corrected chi connectivity index (χ3v) is 3.72. The quantitative estimate of drug-likeness (QED) is 0.899. The van der Waals surface area contributed by atoms with E-state index in [0.717, 1.165) is 19.3 Å². The third-order valence-electron chi connectivity index (χ3n) is 3.44. The first-order valence-electron chi connectivity index (χ1n) is 6.14. The second-order valence-electron chi connectivity index (χ2n) is 5.07. The molecule has 0 saturated heterocycles. The van der Waals surface area contributed by atoms with Crippen molar-refractivity contribution in [2.45, 2.75) is 31.2 Å². The molecule has 0 spiro atoms. The molecule has 2 N–H and O–H groups in total. The SMILES string of the molecule is NC1(Cc2c(F)c(Cl)cc3c2OCCCO3)CC1. The Morgan fingerprint density at radius 1 is 1.33 bits per heavy atom. The Bertz CT molecular complexity index is 488. The minimum absolute atomic E-state index is 0.0681. The van der Waals surface area contributed by atoms with Gasteiger partial charge in [-0.1, -0.05) is 11.6 Å². The van der Waals surface area contributed by atoms with Gasteiger partial charge in [-0.25, -0.2) is 4.39 Å². The lowest BCUT2D eigenvalue weighted by Gasteiger charge is -2.17. The van der Waals surface area contributed by atoms with Gasteiger partial charge in [-0.05, 0) is 19.3 Å². The van der Waals surface area contributed by atoms with Crippen molar-refractivity contribution in [3.8, 4) is 11.5 Å². The van der Waals surface area contributed by atoms with E-state index < -0.39 is 5.82 Å². The molecule has 0 atom stereocenters. The molecule has 1 saturated carbocycles. The van der Waals surface area contributed by atoms with Crippen molar-refractivity contribution in [3.05, 3.63) is 22.5 Å². The van der Waals surface area contributed by atoms with E-state index in [-0.39, 0.29) is 10.6 Å². The highest BCUT2D eigenvalue weighted by atomic mass is 35.5. The topological polar surface area (TPSA) is 44.5 Å². The van der Waals surface area contributed by atoms with Gasteiger partial charge in [0.25, 0.3) is 0 Å². The maximum absolute atomic E-state index is 14.2. The Labute approximate surface area is 110 Å². The largest absolute Gasteiger partial charge is 0.489 e. The summed E-state index contributed by atoms with van der Waals surface area (Å²) in [4.78, 5) is 0. The Morgan fingerprint density at radius 2 is 2.06 bits per heavy atom. The van der Waals surface area contributed by atoms with Crippen molar-refractivity contribution in [1.82, 2.24) is 0 Å². The van der Waals surface area contributed by atoms with Crippen LogP contribution in [0.15, 0.2) is 6.07 Å². The highest BCUT2D eigenvalue weighted by Crippen LogP contribution is 2.44. The summed E-state index contributed by atoms with van der Waals surface area (Å²) in [6, 6.07) is 1.48. The number of ether oxygens (including phenoxy) is 2. The normalized spacial score (nSPS) is 20.4. The van der Waals surface area contributed by atoms with Gasteiger partial charge >= 0.3 is 0 Å². The summed E-state index contributed by atoms with van der Waals surface area (Å²) >= 11 is 5.90. The Hall–Kier alpha value is -1.00. The van der Waals surface area contributed by atoms with Crippen LogP contribution in [0, 0.1) is 5.82 Å². The maximum atomic E-state index is 14.2. The van der Waals surface area contributed by atoms with Gasteiger partial charge in [0.1, 0.15) is 5.82 Å². The molecule has 1 aliphatic heterocycles. The lowest BCUT2D eigenvalue weighted by atomic mass is 10.0. The minimum Gasteiger partial charge on any atom is -0.489 e. The molecule has 1 aliphatic carbocycles. The van der Waals surface area contributed by atoms with Gasteiger partial charge in [-0.15, -0.1) is 0 Å². The van der Waals surface area contributed by atoms with E-state index in [0.29, 0.717) is 36.7 Å². The van der Waals surface area contributed by atoms with Crippen LogP contribution >= 0.6 is 11.6 Å². The van der Waals surface area contributed by atoms with E-state index in [9.17, 15) is 4.39 Å². The molecule has 0 unspecified atom stereocenters. The zero-order valence-corrected chi connectivity index (χ0v) is 10.7. The monoisotopic (exact) mass is 271 g/mol. The van der Waals surface area contributed by atoms with Gasteiger partial charge in [0.15, 0.2) is 11.5 Å². The van der Waals surface area contributed by atoms with Crippen molar-refractivity contribution < 1.29 is 13.9 Å². The lowest BCUT2D eigenvalue weighted by Crippen LogP contribution is -2.25. The van der Waals surface area contributed by atoms with E-state index >= 15 is 0 Å². The number of benzene rings is 1. The van der Waals surface area contributed by atoms with Gasteiger partial charge in [-0.3, -0.25) is 0 Å². The van der Waals surface area contributed by atoms with Gasteiger partial charge in [0, 0.05) is 23.6 Å². The summed E-state index contributed by atoms with van der Waals surface area (Å²) in [5, 5.41) is 0.0681. The standard InChI is InChI=1S/C13H15ClFNO2/c14-9-6-10-12(18-5-1-4-17-10)8(11(9)15)7-13(16)2-3-13/h6H,1-5,7,16H2. The zero-order valence-electron chi connectivity index (χ0n) is 9.97. The van der Waals surface area contributed by atoms with Crippen molar-refractivity contribution in [2.75, 3.05) is 13.2 Å². The fourth-order valence-corrected chi connectivity index (χ4v) is 2.38. The van der Waals surface area contributed by atoms with Crippen molar-refractivity contribution in [3.63, 3.8) is 0 Å². The molecule has 1 aromatic rings. The average Bonchev–Trinajstić information content (AvgIpc) is 3.09. The molecule has 1 heterocycles.